The highest BCUT2D eigenvalue weighted by Crippen LogP contribution is 2.30. The summed E-state index contributed by atoms with van der Waals surface area (Å²) in [5, 5.41) is 10.4. The molecule has 0 N–H and O–H groups in total. The molecule has 0 aliphatic carbocycles. The van der Waals surface area contributed by atoms with E-state index in [0.717, 1.165) is 24.8 Å². The number of piperidine rings is 1. The van der Waals surface area contributed by atoms with Gasteiger partial charge < -0.3 is 14.8 Å². The third-order valence-electron chi connectivity index (χ3n) is 3.44. The van der Waals surface area contributed by atoms with Crippen molar-refractivity contribution in [3.05, 3.63) is 30.1 Å². The number of carbonyl (C=O) groups excluding carboxylic acids is 2. The zero-order valence-electron chi connectivity index (χ0n) is 10.7. The highest BCUT2D eigenvalue weighted by atomic mass is 16.4. The zero-order valence-corrected chi connectivity index (χ0v) is 10.7. The fraction of sp³-hybridized carbons (Fsp3) is 0.500. The maximum Gasteiger partial charge on any atom is 0.223 e. The average Bonchev–Trinajstić information content (AvgIpc) is 2.45. The van der Waals surface area contributed by atoms with Crippen molar-refractivity contribution in [2.24, 2.45) is 0 Å². The Hall–Kier alpha value is -1.91. The van der Waals surface area contributed by atoms with E-state index >= 15 is 0 Å². The maximum absolute atomic E-state index is 12.1. The third-order valence-corrected chi connectivity index (χ3v) is 3.44. The summed E-state index contributed by atoms with van der Waals surface area (Å²) in [6.45, 7) is 0.686. The third kappa shape index (κ3) is 3.53. The van der Waals surface area contributed by atoms with E-state index in [2.05, 4.69) is 4.98 Å². The lowest BCUT2D eigenvalue weighted by Crippen LogP contribution is -2.39. The summed E-state index contributed by atoms with van der Waals surface area (Å²) in [6, 6.07) is 3.84. The number of carbonyl (C=O) groups is 2. The van der Waals surface area contributed by atoms with E-state index in [4.69, 9.17) is 0 Å². The Morgan fingerprint density at radius 3 is 2.89 bits per heavy atom. The monoisotopic (exact) mass is 261 g/mol. The van der Waals surface area contributed by atoms with Crippen LogP contribution in [0.15, 0.2) is 24.5 Å². The molecule has 5 heteroatoms. The van der Waals surface area contributed by atoms with Crippen molar-refractivity contribution in [1.82, 2.24) is 9.88 Å². The number of aliphatic carboxylic acids is 1. The normalized spacial score (nSPS) is 19.2. The van der Waals surface area contributed by atoms with Gasteiger partial charge in [0.2, 0.25) is 5.91 Å². The molecular formula is C14H17N2O3-. The van der Waals surface area contributed by atoms with Gasteiger partial charge in [0, 0.05) is 31.3 Å². The molecule has 0 saturated carbocycles. The first-order valence-corrected chi connectivity index (χ1v) is 6.57. The largest absolute Gasteiger partial charge is 0.550 e. The number of likely N-dealkylation sites (tertiary alicyclic amines) is 1. The highest BCUT2D eigenvalue weighted by molar-refractivity contribution is 5.80. The molecule has 1 saturated heterocycles. The van der Waals surface area contributed by atoms with Crippen LogP contribution in [-0.2, 0) is 9.59 Å². The Balaban J connectivity index is 2.08. The molecular weight excluding hydrogens is 244 g/mol. The number of amides is 1. The van der Waals surface area contributed by atoms with E-state index in [9.17, 15) is 14.7 Å². The van der Waals surface area contributed by atoms with Crippen molar-refractivity contribution in [1.29, 1.82) is 0 Å². The second kappa shape index (κ2) is 6.31. The number of rotatable bonds is 4. The van der Waals surface area contributed by atoms with Gasteiger partial charge in [-0.2, -0.15) is 0 Å². The van der Waals surface area contributed by atoms with E-state index in [-0.39, 0.29) is 24.8 Å². The minimum absolute atomic E-state index is 0.0130. The van der Waals surface area contributed by atoms with Gasteiger partial charge in [-0.05, 0) is 37.3 Å². The second-order valence-electron chi connectivity index (χ2n) is 4.76. The number of pyridine rings is 1. The van der Waals surface area contributed by atoms with Gasteiger partial charge in [0.25, 0.3) is 0 Å². The molecule has 0 aromatic carbocycles. The molecule has 5 nitrogen and oxygen atoms in total. The van der Waals surface area contributed by atoms with Crippen LogP contribution in [0.2, 0.25) is 0 Å². The Labute approximate surface area is 112 Å². The van der Waals surface area contributed by atoms with E-state index in [1.807, 2.05) is 12.1 Å². The van der Waals surface area contributed by atoms with Gasteiger partial charge in [0.05, 0.1) is 6.04 Å². The second-order valence-corrected chi connectivity index (χ2v) is 4.76. The van der Waals surface area contributed by atoms with Crippen LogP contribution in [0.4, 0.5) is 0 Å². The highest BCUT2D eigenvalue weighted by Gasteiger charge is 2.27. The van der Waals surface area contributed by atoms with Gasteiger partial charge in [-0.1, -0.05) is 6.07 Å². The van der Waals surface area contributed by atoms with Crippen LogP contribution in [0.25, 0.3) is 0 Å². The van der Waals surface area contributed by atoms with Crippen LogP contribution in [0.5, 0.6) is 0 Å². The fourth-order valence-corrected chi connectivity index (χ4v) is 2.50. The van der Waals surface area contributed by atoms with Crippen molar-refractivity contribution in [2.75, 3.05) is 6.54 Å². The lowest BCUT2D eigenvalue weighted by atomic mass is 9.96. The predicted molar refractivity (Wildman–Crippen MR) is 66.8 cm³/mol. The number of hydrogen-bond donors (Lipinski definition) is 0. The molecule has 1 aliphatic rings. The fourth-order valence-electron chi connectivity index (χ4n) is 2.50. The van der Waals surface area contributed by atoms with Gasteiger partial charge in [0.1, 0.15) is 0 Å². The van der Waals surface area contributed by atoms with E-state index in [1.54, 1.807) is 17.3 Å². The standard InChI is InChI=1S/C14H18N2O3/c17-13(6-7-14(18)19)16-9-2-1-5-12(16)11-4-3-8-15-10-11/h3-4,8,10,12H,1-2,5-7,9H2,(H,18,19)/p-1/t12-/m0/s1. The quantitative estimate of drug-likeness (QED) is 0.798. The summed E-state index contributed by atoms with van der Waals surface area (Å²) in [7, 11) is 0. The van der Waals surface area contributed by atoms with E-state index in [1.165, 1.54) is 0 Å². The first kappa shape index (κ1) is 13.5. The average molecular weight is 261 g/mol. The van der Waals surface area contributed by atoms with Crippen molar-refractivity contribution < 1.29 is 14.7 Å². The molecule has 19 heavy (non-hydrogen) atoms. The van der Waals surface area contributed by atoms with Gasteiger partial charge in [-0.25, -0.2) is 0 Å². The number of carboxylic acid groups (broad SMARTS) is 1. The lowest BCUT2D eigenvalue weighted by Gasteiger charge is -2.36. The predicted octanol–water partition coefficient (Wildman–Crippen LogP) is 0.665. The molecule has 1 amide bonds. The Bertz CT molecular complexity index is 447. The molecule has 1 aromatic rings. The van der Waals surface area contributed by atoms with Crippen LogP contribution in [0.3, 0.4) is 0 Å². The van der Waals surface area contributed by atoms with Crippen LogP contribution in [-0.4, -0.2) is 28.3 Å². The molecule has 2 rings (SSSR count). The summed E-state index contributed by atoms with van der Waals surface area (Å²) in [5.74, 6) is -1.29. The molecule has 102 valence electrons. The minimum Gasteiger partial charge on any atom is -0.550 e. The SMILES string of the molecule is O=C([O-])CCC(=O)N1CCCC[C@H]1c1cccnc1. The lowest BCUT2D eigenvalue weighted by molar-refractivity contribution is -0.305. The first-order valence-electron chi connectivity index (χ1n) is 6.57. The maximum atomic E-state index is 12.1. The van der Waals surface area contributed by atoms with E-state index < -0.39 is 5.97 Å². The molecule has 1 fully saturated rings. The smallest absolute Gasteiger partial charge is 0.223 e. The number of nitrogens with zero attached hydrogens (tertiary/aromatic N) is 2. The molecule has 0 radical (unpaired) electrons. The summed E-state index contributed by atoms with van der Waals surface area (Å²) in [4.78, 5) is 28.4. The number of hydrogen-bond acceptors (Lipinski definition) is 4. The molecule has 1 atom stereocenters. The van der Waals surface area contributed by atoms with Crippen LogP contribution < -0.4 is 5.11 Å². The van der Waals surface area contributed by atoms with E-state index in [0.29, 0.717) is 6.54 Å². The molecule has 1 aromatic heterocycles. The van der Waals surface area contributed by atoms with Crippen LogP contribution in [0, 0.1) is 0 Å². The molecule has 0 spiro atoms. The van der Waals surface area contributed by atoms with Crippen LogP contribution in [0.1, 0.15) is 43.7 Å². The number of aromatic nitrogens is 1. The first-order chi connectivity index (χ1) is 9.18. The Kier molecular flexibility index (Phi) is 4.49. The van der Waals surface area contributed by atoms with Crippen molar-refractivity contribution >= 4 is 11.9 Å². The molecule has 2 heterocycles. The topological polar surface area (TPSA) is 73.3 Å². The summed E-state index contributed by atoms with van der Waals surface area (Å²) < 4.78 is 0. The van der Waals surface area contributed by atoms with Gasteiger partial charge in [-0.3, -0.25) is 9.78 Å². The minimum atomic E-state index is -1.18. The summed E-state index contributed by atoms with van der Waals surface area (Å²) in [6.07, 6.45) is 6.22. The van der Waals surface area contributed by atoms with Gasteiger partial charge >= 0.3 is 0 Å². The summed E-state index contributed by atoms with van der Waals surface area (Å²) >= 11 is 0. The van der Waals surface area contributed by atoms with Crippen molar-refractivity contribution in [3.8, 4) is 0 Å². The summed E-state index contributed by atoms with van der Waals surface area (Å²) in [5.41, 5.74) is 1.02. The molecule has 0 bridgehead atoms. The Morgan fingerprint density at radius 2 is 2.21 bits per heavy atom. The van der Waals surface area contributed by atoms with Crippen molar-refractivity contribution in [3.63, 3.8) is 0 Å². The van der Waals surface area contributed by atoms with Crippen LogP contribution >= 0.6 is 0 Å². The Morgan fingerprint density at radius 1 is 1.37 bits per heavy atom. The molecule has 1 aliphatic heterocycles. The van der Waals surface area contributed by atoms with Crippen molar-refractivity contribution in [2.45, 2.75) is 38.1 Å². The van der Waals surface area contributed by atoms with Gasteiger partial charge in [0.15, 0.2) is 0 Å². The molecule has 0 unspecified atom stereocenters. The van der Waals surface area contributed by atoms with Gasteiger partial charge in [-0.15, -0.1) is 0 Å². The zero-order chi connectivity index (χ0) is 13.7. The number of carboxylic acids is 1.